The molecule has 1 unspecified atom stereocenters. The zero-order valence-corrected chi connectivity index (χ0v) is 13.8. The minimum absolute atomic E-state index is 0.163. The highest BCUT2D eigenvalue weighted by Crippen LogP contribution is 2.51. The molecule has 2 saturated heterocycles. The molecule has 3 rings (SSSR count). The summed E-state index contributed by atoms with van der Waals surface area (Å²) >= 11 is 0. The summed E-state index contributed by atoms with van der Waals surface area (Å²) < 4.78 is 29.2. The molecule has 2 aliphatic heterocycles. The van der Waals surface area contributed by atoms with Crippen molar-refractivity contribution in [3.8, 4) is 0 Å². The second kappa shape index (κ2) is 4.96. The van der Waals surface area contributed by atoms with E-state index in [4.69, 9.17) is 0 Å². The Morgan fingerprint density at radius 1 is 1.10 bits per heavy atom. The van der Waals surface area contributed by atoms with Gasteiger partial charge in [-0.3, -0.25) is 0 Å². The number of hydrogen-bond donors (Lipinski definition) is 0. The number of rotatable bonds is 4. The van der Waals surface area contributed by atoms with Crippen molar-refractivity contribution in [2.45, 2.75) is 58.9 Å². The average Bonchev–Trinajstić information content (AvgIpc) is 3.20. The monoisotopic (exact) mass is 300 g/mol. The summed E-state index contributed by atoms with van der Waals surface area (Å²) in [6.07, 6.45) is 5.65. The summed E-state index contributed by atoms with van der Waals surface area (Å²) in [5, 5.41) is 0. The van der Waals surface area contributed by atoms with Crippen molar-refractivity contribution in [2.24, 2.45) is 17.3 Å². The van der Waals surface area contributed by atoms with Gasteiger partial charge in [0.1, 0.15) is 0 Å². The summed E-state index contributed by atoms with van der Waals surface area (Å²) in [5.74, 6) is 1.33. The summed E-state index contributed by atoms with van der Waals surface area (Å²) in [6, 6.07) is 0.247. The van der Waals surface area contributed by atoms with E-state index in [-0.39, 0.29) is 11.5 Å². The SMILES string of the molecule is CCC1CCN(S(=O)(=O)N2CC(C)(C)C2C2CC2)CC1. The maximum Gasteiger partial charge on any atom is 0.282 e. The largest absolute Gasteiger partial charge is 0.282 e. The molecular formula is C15H28N2O2S. The third kappa shape index (κ3) is 2.42. The average molecular weight is 300 g/mol. The Kier molecular flexibility index (Phi) is 3.67. The van der Waals surface area contributed by atoms with Gasteiger partial charge in [-0.25, -0.2) is 0 Å². The fraction of sp³-hybridized carbons (Fsp3) is 1.00. The van der Waals surface area contributed by atoms with Crippen LogP contribution in [0.15, 0.2) is 0 Å². The lowest BCUT2D eigenvalue weighted by Gasteiger charge is -2.54. The third-order valence-electron chi connectivity index (χ3n) is 5.52. The molecule has 1 atom stereocenters. The lowest BCUT2D eigenvalue weighted by molar-refractivity contribution is 0.0000520. The fourth-order valence-corrected chi connectivity index (χ4v) is 6.29. The van der Waals surface area contributed by atoms with Crippen LogP contribution in [0.25, 0.3) is 0 Å². The van der Waals surface area contributed by atoms with E-state index >= 15 is 0 Å². The van der Waals surface area contributed by atoms with Crippen molar-refractivity contribution in [1.29, 1.82) is 0 Å². The van der Waals surface area contributed by atoms with E-state index in [1.54, 1.807) is 8.61 Å². The fourth-order valence-electron chi connectivity index (χ4n) is 4.08. The van der Waals surface area contributed by atoms with Crippen molar-refractivity contribution in [3.05, 3.63) is 0 Å². The molecule has 3 aliphatic rings. The van der Waals surface area contributed by atoms with Crippen LogP contribution in [0, 0.1) is 17.3 Å². The molecule has 5 heteroatoms. The molecule has 3 fully saturated rings. The topological polar surface area (TPSA) is 40.6 Å². The Bertz CT molecular complexity index is 462. The van der Waals surface area contributed by atoms with E-state index in [0.29, 0.717) is 18.4 Å². The molecule has 2 heterocycles. The summed E-state index contributed by atoms with van der Waals surface area (Å²) in [4.78, 5) is 0. The number of piperidine rings is 1. The molecular weight excluding hydrogens is 272 g/mol. The lowest BCUT2D eigenvalue weighted by Crippen LogP contribution is -2.67. The second-order valence-corrected chi connectivity index (χ2v) is 9.46. The van der Waals surface area contributed by atoms with Crippen LogP contribution in [0.4, 0.5) is 0 Å². The molecule has 0 N–H and O–H groups in total. The van der Waals surface area contributed by atoms with E-state index in [1.165, 1.54) is 19.3 Å². The molecule has 20 heavy (non-hydrogen) atoms. The van der Waals surface area contributed by atoms with Crippen LogP contribution in [-0.2, 0) is 10.2 Å². The summed E-state index contributed by atoms with van der Waals surface area (Å²) in [7, 11) is -3.22. The van der Waals surface area contributed by atoms with Crippen LogP contribution in [0.5, 0.6) is 0 Å². The van der Waals surface area contributed by atoms with E-state index < -0.39 is 10.2 Å². The minimum Gasteiger partial charge on any atom is -0.195 e. The maximum atomic E-state index is 12.8. The molecule has 0 aromatic heterocycles. The van der Waals surface area contributed by atoms with Gasteiger partial charge in [0.15, 0.2) is 0 Å². The van der Waals surface area contributed by atoms with Crippen LogP contribution in [0.2, 0.25) is 0 Å². The summed E-state index contributed by atoms with van der Waals surface area (Å²) in [6.45, 7) is 8.76. The van der Waals surface area contributed by atoms with Crippen molar-refractivity contribution >= 4 is 10.2 Å². The first-order valence-electron chi connectivity index (χ1n) is 8.13. The molecule has 0 aromatic rings. The highest BCUT2D eigenvalue weighted by molar-refractivity contribution is 7.86. The first-order chi connectivity index (χ1) is 9.36. The minimum atomic E-state index is -3.22. The Morgan fingerprint density at radius 2 is 1.70 bits per heavy atom. The number of nitrogens with zero attached hydrogens (tertiary/aromatic N) is 2. The van der Waals surface area contributed by atoms with Crippen LogP contribution in [-0.4, -0.2) is 42.7 Å². The van der Waals surface area contributed by atoms with Gasteiger partial charge in [0, 0.05) is 25.7 Å². The van der Waals surface area contributed by atoms with Gasteiger partial charge in [-0.15, -0.1) is 0 Å². The van der Waals surface area contributed by atoms with E-state index in [9.17, 15) is 8.42 Å². The Balaban J connectivity index is 1.70. The van der Waals surface area contributed by atoms with Gasteiger partial charge in [-0.05, 0) is 42.9 Å². The van der Waals surface area contributed by atoms with Crippen LogP contribution < -0.4 is 0 Å². The van der Waals surface area contributed by atoms with Crippen LogP contribution in [0.1, 0.15) is 52.9 Å². The van der Waals surface area contributed by atoms with Crippen LogP contribution in [0.3, 0.4) is 0 Å². The van der Waals surface area contributed by atoms with Crippen molar-refractivity contribution in [1.82, 2.24) is 8.61 Å². The molecule has 0 radical (unpaired) electrons. The molecule has 0 spiro atoms. The van der Waals surface area contributed by atoms with Crippen molar-refractivity contribution in [2.75, 3.05) is 19.6 Å². The standard InChI is InChI=1S/C15H28N2O2S/c1-4-12-7-9-16(10-8-12)20(18,19)17-11-15(2,3)14(17)13-5-6-13/h12-14H,4-11H2,1-3H3. The maximum absolute atomic E-state index is 12.8. The van der Waals surface area contributed by atoms with Gasteiger partial charge in [0.05, 0.1) is 0 Å². The molecule has 1 aliphatic carbocycles. The predicted molar refractivity (Wildman–Crippen MR) is 80.5 cm³/mol. The first kappa shape index (κ1) is 14.8. The smallest absolute Gasteiger partial charge is 0.195 e. The van der Waals surface area contributed by atoms with E-state index in [0.717, 1.165) is 25.9 Å². The quantitative estimate of drug-likeness (QED) is 0.800. The van der Waals surface area contributed by atoms with Gasteiger partial charge in [0.2, 0.25) is 0 Å². The van der Waals surface area contributed by atoms with Crippen molar-refractivity contribution < 1.29 is 8.42 Å². The Hall–Kier alpha value is -0.130. The normalized spacial score (nSPS) is 33.0. The first-order valence-corrected chi connectivity index (χ1v) is 9.53. The molecule has 116 valence electrons. The van der Waals surface area contributed by atoms with E-state index in [2.05, 4.69) is 20.8 Å². The molecule has 0 aromatic carbocycles. The number of hydrogen-bond acceptors (Lipinski definition) is 2. The summed E-state index contributed by atoms with van der Waals surface area (Å²) in [5.41, 5.74) is 0.163. The van der Waals surface area contributed by atoms with Gasteiger partial charge >= 0.3 is 0 Å². The highest BCUT2D eigenvalue weighted by Gasteiger charge is 2.58. The van der Waals surface area contributed by atoms with Crippen LogP contribution >= 0.6 is 0 Å². The Labute approximate surface area is 123 Å². The molecule has 0 bridgehead atoms. The molecule has 0 amide bonds. The molecule has 4 nitrogen and oxygen atoms in total. The predicted octanol–water partition coefficient (Wildman–Crippen LogP) is 2.47. The van der Waals surface area contributed by atoms with Gasteiger partial charge in [-0.1, -0.05) is 27.2 Å². The van der Waals surface area contributed by atoms with E-state index in [1.807, 2.05) is 0 Å². The van der Waals surface area contributed by atoms with Gasteiger partial charge in [0.25, 0.3) is 10.2 Å². The zero-order chi connectivity index (χ0) is 14.5. The zero-order valence-electron chi connectivity index (χ0n) is 13.0. The van der Waals surface area contributed by atoms with Gasteiger partial charge in [-0.2, -0.15) is 17.0 Å². The molecule has 1 saturated carbocycles. The van der Waals surface area contributed by atoms with Gasteiger partial charge < -0.3 is 0 Å². The van der Waals surface area contributed by atoms with Crippen molar-refractivity contribution in [3.63, 3.8) is 0 Å². The highest BCUT2D eigenvalue weighted by atomic mass is 32.2. The second-order valence-electron chi connectivity index (χ2n) is 7.57. The lowest BCUT2D eigenvalue weighted by atomic mass is 9.75. The third-order valence-corrected chi connectivity index (χ3v) is 7.48. The Morgan fingerprint density at radius 3 is 2.15 bits per heavy atom.